The summed E-state index contributed by atoms with van der Waals surface area (Å²) in [6.07, 6.45) is 0. The molecular formula is C9H17BN2. The van der Waals surface area contributed by atoms with Crippen molar-refractivity contribution < 1.29 is 0 Å². The number of hydrogen-bond donors (Lipinski definition) is 0. The SMILES string of the molecule is Bc1nn(C(C)(C)C)c(C)c1C. The van der Waals surface area contributed by atoms with Crippen molar-refractivity contribution in [3.05, 3.63) is 11.3 Å². The molecule has 0 saturated heterocycles. The van der Waals surface area contributed by atoms with Crippen molar-refractivity contribution in [1.82, 2.24) is 9.78 Å². The highest BCUT2D eigenvalue weighted by molar-refractivity contribution is 6.31. The van der Waals surface area contributed by atoms with Crippen LogP contribution in [0.3, 0.4) is 0 Å². The molecule has 0 amide bonds. The maximum Gasteiger partial charge on any atom is 0.166 e. The Hall–Kier alpha value is -0.725. The highest BCUT2D eigenvalue weighted by atomic mass is 15.3. The molecule has 0 fully saturated rings. The third-order valence-electron chi connectivity index (χ3n) is 2.29. The van der Waals surface area contributed by atoms with Crippen LogP contribution in [0.25, 0.3) is 0 Å². The second kappa shape index (κ2) is 2.65. The lowest BCUT2D eigenvalue weighted by Gasteiger charge is -2.21. The monoisotopic (exact) mass is 164 g/mol. The summed E-state index contributed by atoms with van der Waals surface area (Å²) in [5.41, 5.74) is 3.83. The van der Waals surface area contributed by atoms with E-state index in [1.807, 2.05) is 0 Å². The van der Waals surface area contributed by atoms with Crippen LogP contribution >= 0.6 is 0 Å². The van der Waals surface area contributed by atoms with Crippen molar-refractivity contribution in [2.24, 2.45) is 0 Å². The van der Waals surface area contributed by atoms with Crippen molar-refractivity contribution in [2.45, 2.75) is 40.2 Å². The second-order valence-electron chi connectivity index (χ2n) is 4.38. The van der Waals surface area contributed by atoms with Gasteiger partial charge in [0.1, 0.15) is 0 Å². The first-order chi connectivity index (χ1) is 5.34. The highest BCUT2D eigenvalue weighted by Gasteiger charge is 2.18. The topological polar surface area (TPSA) is 17.8 Å². The summed E-state index contributed by atoms with van der Waals surface area (Å²) in [6.45, 7) is 10.8. The van der Waals surface area contributed by atoms with E-state index in [-0.39, 0.29) is 5.54 Å². The predicted molar refractivity (Wildman–Crippen MR) is 54.9 cm³/mol. The summed E-state index contributed by atoms with van der Waals surface area (Å²) >= 11 is 0. The number of rotatable bonds is 0. The van der Waals surface area contributed by atoms with Gasteiger partial charge in [0.25, 0.3) is 0 Å². The van der Waals surface area contributed by atoms with E-state index in [1.165, 1.54) is 11.3 Å². The Labute approximate surface area is 75.4 Å². The predicted octanol–water partition coefficient (Wildman–Crippen LogP) is 0.513. The van der Waals surface area contributed by atoms with Gasteiger partial charge in [-0.05, 0) is 40.2 Å². The second-order valence-corrected chi connectivity index (χ2v) is 4.38. The van der Waals surface area contributed by atoms with Crippen molar-refractivity contribution in [3.63, 3.8) is 0 Å². The average Bonchev–Trinajstić information content (AvgIpc) is 2.15. The lowest BCUT2D eigenvalue weighted by Crippen LogP contribution is -2.25. The zero-order valence-electron chi connectivity index (χ0n) is 8.89. The van der Waals surface area contributed by atoms with E-state index in [1.54, 1.807) is 0 Å². The zero-order valence-corrected chi connectivity index (χ0v) is 8.89. The molecule has 0 saturated carbocycles. The Bertz CT molecular complexity index is 294. The van der Waals surface area contributed by atoms with Gasteiger partial charge in [-0.15, -0.1) is 0 Å². The quantitative estimate of drug-likeness (QED) is 0.511. The van der Waals surface area contributed by atoms with Crippen LogP contribution in [0.2, 0.25) is 0 Å². The minimum Gasteiger partial charge on any atom is -0.265 e. The molecule has 0 atom stereocenters. The lowest BCUT2D eigenvalue weighted by molar-refractivity contribution is 0.349. The molecule has 3 heteroatoms. The van der Waals surface area contributed by atoms with Crippen LogP contribution < -0.4 is 5.59 Å². The summed E-state index contributed by atoms with van der Waals surface area (Å²) in [7, 11) is 2.06. The van der Waals surface area contributed by atoms with E-state index in [0.29, 0.717) is 0 Å². The maximum atomic E-state index is 4.50. The van der Waals surface area contributed by atoms with Crippen LogP contribution in [-0.2, 0) is 5.54 Å². The highest BCUT2D eigenvalue weighted by Crippen LogP contribution is 2.15. The lowest BCUT2D eigenvalue weighted by atomic mass is 9.99. The Balaban J connectivity index is 3.28. The van der Waals surface area contributed by atoms with Gasteiger partial charge in [0.05, 0.1) is 5.54 Å². The maximum absolute atomic E-state index is 4.50. The van der Waals surface area contributed by atoms with Gasteiger partial charge in [-0.3, -0.25) is 4.68 Å². The molecule has 0 unspecified atom stereocenters. The van der Waals surface area contributed by atoms with Gasteiger partial charge in [0, 0.05) is 11.3 Å². The van der Waals surface area contributed by atoms with E-state index in [4.69, 9.17) is 0 Å². The van der Waals surface area contributed by atoms with Crippen LogP contribution in [0.1, 0.15) is 32.0 Å². The Morgan fingerprint density at radius 3 is 1.92 bits per heavy atom. The van der Waals surface area contributed by atoms with E-state index in [9.17, 15) is 0 Å². The molecule has 0 spiro atoms. The van der Waals surface area contributed by atoms with E-state index in [2.05, 4.69) is 52.2 Å². The summed E-state index contributed by atoms with van der Waals surface area (Å²) in [5, 5.41) is 4.50. The fourth-order valence-electron chi connectivity index (χ4n) is 1.37. The molecule has 66 valence electrons. The molecule has 1 heterocycles. The standard InChI is InChI=1S/C9H17BN2/c1-6-7(2)12(9(3,4)5)11-8(6)10/h10H2,1-5H3. The fourth-order valence-corrected chi connectivity index (χ4v) is 1.37. The molecule has 1 rings (SSSR count). The first kappa shape index (κ1) is 9.36. The third kappa shape index (κ3) is 1.40. The fraction of sp³-hybridized carbons (Fsp3) is 0.667. The molecule has 0 radical (unpaired) electrons. The molecule has 0 aliphatic heterocycles. The largest absolute Gasteiger partial charge is 0.265 e. The summed E-state index contributed by atoms with van der Waals surface area (Å²) in [5.74, 6) is 0. The van der Waals surface area contributed by atoms with E-state index < -0.39 is 0 Å². The normalized spacial score (nSPS) is 12.1. The Morgan fingerprint density at radius 2 is 1.75 bits per heavy atom. The van der Waals surface area contributed by atoms with E-state index >= 15 is 0 Å². The number of aromatic nitrogens is 2. The molecule has 1 aromatic heterocycles. The molecule has 0 aromatic carbocycles. The summed E-state index contributed by atoms with van der Waals surface area (Å²) in [6, 6.07) is 0. The summed E-state index contributed by atoms with van der Waals surface area (Å²) < 4.78 is 2.09. The Kier molecular flexibility index (Phi) is 2.07. The van der Waals surface area contributed by atoms with E-state index in [0.717, 1.165) is 5.59 Å². The molecule has 1 aromatic rings. The molecule has 2 nitrogen and oxygen atoms in total. The minimum atomic E-state index is 0.100. The summed E-state index contributed by atoms with van der Waals surface area (Å²) in [4.78, 5) is 0. The molecular weight excluding hydrogens is 147 g/mol. The number of hydrogen-bond acceptors (Lipinski definition) is 1. The van der Waals surface area contributed by atoms with Gasteiger partial charge in [0.2, 0.25) is 0 Å². The first-order valence-electron chi connectivity index (χ1n) is 4.37. The molecule has 0 bridgehead atoms. The van der Waals surface area contributed by atoms with Gasteiger partial charge < -0.3 is 0 Å². The van der Waals surface area contributed by atoms with Crippen molar-refractivity contribution >= 4 is 13.4 Å². The molecule has 0 aliphatic rings. The Morgan fingerprint density at radius 1 is 1.25 bits per heavy atom. The van der Waals surface area contributed by atoms with Gasteiger partial charge in [-0.1, -0.05) is 0 Å². The smallest absolute Gasteiger partial charge is 0.166 e. The average molecular weight is 164 g/mol. The van der Waals surface area contributed by atoms with Crippen LogP contribution in [0.4, 0.5) is 0 Å². The van der Waals surface area contributed by atoms with Crippen LogP contribution in [0, 0.1) is 13.8 Å². The van der Waals surface area contributed by atoms with Gasteiger partial charge in [-0.25, -0.2) is 0 Å². The van der Waals surface area contributed by atoms with Gasteiger partial charge in [-0.2, -0.15) is 5.10 Å². The van der Waals surface area contributed by atoms with Crippen LogP contribution in [0.5, 0.6) is 0 Å². The first-order valence-corrected chi connectivity index (χ1v) is 4.37. The van der Waals surface area contributed by atoms with Crippen LogP contribution in [-0.4, -0.2) is 17.6 Å². The van der Waals surface area contributed by atoms with Gasteiger partial charge in [0.15, 0.2) is 7.85 Å². The number of nitrogens with zero attached hydrogens (tertiary/aromatic N) is 2. The zero-order chi connectivity index (χ0) is 9.52. The molecule has 12 heavy (non-hydrogen) atoms. The van der Waals surface area contributed by atoms with Gasteiger partial charge >= 0.3 is 0 Å². The van der Waals surface area contributed by atoms with Crippen LogP contribution in [0.15, 0.2) is 0 Å². The van der Waals surface area contributed by atoms with Crippen molar-refractivity contribution in [3.8, 4) is 0 Å². The molecule has 0 N–H and O–H groups in total. The van der Waals surface area contributed by atoms with Crippen molar-refractivity contribution in [1.29, 1.82) is 0 Å². The third-order valence-corrected chi connectivity index (χ3v) is 2.29. The minimum absolute atomic E-state index is 0.100. The molecule has 0 aliphatic carbocycles. The van der Waals surface area contributed by atoms with Crippen molar-refractivity contribution in [2.75, 3.05) is 0 Å².